The Labute approximate surface area is 108 Å². The van der Waals surface area contributed by atoms with Crippen LogP contribution < -0.4 is 5.32 Å². The summed E-state index contributed by atoms with van der Waals surface area (Å²) in [4.78, 5) is 2.54. The highest BCUT2D eigenvalue weighted by atomic mass is 32.2. The maximum Gasteiger partial charge on any atom is 0.0249 e. The summed E-state index contributed by atoms with van der Waals surface area (Å²) in [7, 11) is -0.522. The molecule has 4 heteroatoms. The van der Waals surface area contributed by atoms with E-state index >= 15 is 0 Å². The van der Waals surface area contributed by atoms with Crippen LogP contribution in [0.1, 0.15) is 32.6 Å². The first-order valence-electron chi connectivity index (χ1n) is 7.08. The Bertz CT molecular complexity index is 242. The Morgan fingerprint density at radius 2 is 1.82 bits per heavy atom. The van der Waals surface area contributed by atoms with Gasteiger partial charge < -0.3 is 10.2 Å². The van der Waals surface area contributed by atoms with Crippen molar-refractivity contribution >= 4 is 10.8 Å². The standard InChI is InChI=1S/C13H26N2OS/c1-2-15-7-3-12(4-8-15)11-14-13-5-9-17(16)10-6-13/h12-14H,2-11H2,1H3. The third-order valence-corrected chi connectivity index (χ3v) is 5.62. The van der Waals surface area contributed by atoms with E-state index in [1.54, 1.807) is 0 Å². The molecule has 2 saturated heterocycles. The number of likely N-dealkylation sites (tertiary alicyclic amines) is 1. The van der Waals surface area contributed by atoms with Crippen molar-refractivity contribution in [2.45, 2.75) is 38.6 Å². The number of nitrogens with zero attached hydrogens (tertiary/aromatic N) is 1. The van der Waals surface area contributed by atoms with Crippen molar-refractivity contribution in [3.8, 4) is 0 Å². The summed E-state index contributed by atoms with van der Waals surface area (Å²) < 4.78 is 11.3. The molecule has 0 unspecified atom stereocenters. The molecule has 2 aliphatic rings. The molecule has 2 aliphatic heterocycles. The van der Waals surface area contributed by atoms with E-state index in [0.29, 0.717) is 6.04 Å². The molecule has 2 fully saturated rings. The zero-order valence-electron chi connectivity index (χ0n) is 11.0. The van der Waals surface area contributed by atoms with Crippen LogP contribution in [0.4, 0.5) is 0 Å². The Balaban J connectivity index is 1.61. The first-order chi connectivity index (χ1) is 8.28. The molecule has 0 aliphatic carbocycles. The third kappa shape index (κ3) is 4.34. The first-order valence-corrected chi connectivity index (χ1v) is 8.57. The topological polar surface area (TPSA) is 32.3 Å². The zero-order valence-corrected chi connectivity index (χ0v) is 11.8. The van der Waals surface area contributed by atoms with Gasteiger partial charge in [-0.25, -0.2) is 0 Å². The van der Waals surface area contributed by atoms with Crippen molar-refractivity contribution in [3.05, 3.63) is 0 Å². The average molecular weight is 258 g/mol. The van der Waals surface area contributed by atoms with Crippen molar-refractivity contribution < 1.29 is 4.21 Å². The molecule has 0 aromatic rings. The van der Waals surface area contributed by atoms with Gasteiger partial charge in [0.1, 0.15) is 0 Å². The molecule has 0 bridgehead atoms. The van der Waals surface area contributed by atoms with E-state index in [9.17, 15) is 4.21 Å². The molecular formula is C13H26N2OS. The fourth-order valence-corrected chi connectivity index (χ4v) is 4.14. The second-order valence-corrected chi connectivity index (χ2v) is 7.10. The maximum atomic E-state index is 11.3. The lowest BCUT2D eigenvalue weighted by molar-refractivity contribution is 0.187. The SMILES string of the molecule is CCN1CCC(CNC2CCS(=O)CC2)CC1. The van der Waals surface area contributed by atoms with Gasteiger partial charge in [0.2, 0.25) is 0 Å². The van der Waals surface area contributed by atoms with Gasteiger partial charge in [0.05, 0.1) is 0 Å². The summed E-state index contributed by atoms with van der Waals surface area (Å²) in [5.74, 6) is 2.68. The zero-order chi connectivity index (χ0) is 12.1. The van der Waals surface area contributed by atoms with Gasteiger partial charge in [-0.1, -0.05) is 6.92 Å². The van der Waals surface area contributed by atoms with Crippen molar-refractivity contribution in [1.82, 2.24) is 10.2 Å². The second-order valence-electron chi connectivity index (χ2n) is 5.41. The third-order valence-electron chi connectivity index (χ3n) is 4.24. The Hall–Kier alpha value is 0.0700. The molecule has 0 aromatic heterocycles. The summed E-state index contributed by atoms with van der Waals surface area (Å²) in [6.45, 7) is 7.18. The number of piperidine rings is 1. The van der Waals surface area contributed by atoms with Gasteiger partial charge in [-0.2, -0.15) is 0 Å². The van der Waals surface area contributed by atoms with Gasteiger partial charge in [-0.05, 0) is 57.8 Å². The molecule has 0 radical (unpaired) electrons. The van der Waals surface area contributed by atoms with Crippen LogP contribution >= 0.6 is 0 Å². The van der Waals surface area contributed by atoms with Crippen LogP contribution in [0, 0.1) is 5.92 Å². The molecule has 17 heavy (non-hydrogen) atoms. The van der Waals surface area contributed by atoms with E-state index in [0.717, 1.165) is 30.3 Å². The van der Waals surface area contributed by atoms with Crippen molar-refractivity contribution in [3.63, 3.8) is 0 Å². The summed E-state index contributed by atoms with van der Waals surface area (Å²) in [5, 5.41) is 3.69. The van der Waals surface area contributed by atoms with Gasteiger partial charge in [0.25, 0.3) is 0 Å². The minimum Gasteiger partial charge on any atom is -0.314 e. The molecule has 1 N–H and O–H groups in total. The largest absolute Gasteiger partial charge is 0.314 e. The maximum absolute atomic E-state index is 11.3. The monoisotopic (exact) mass is 258 g/mol. The highest BCUT2D eigenvalue weighted by Crippen LogP contribution is 2.17. The summed E-state index contributed by atoms with van der Waals surface area (Å²) in [6.07, 6.45) is 4.92. The molecule has 3 nitrogen and oxygen atoms in total. The molecule has 0 saturated carbocycles. The number of rotatable bonds is 4. The van der Waals surface area contributed by atoms with Crippen molar-refractivity contribution in [1.29, 1.82) is 0 Å². The van der Waals surface area contributed by atoms with Gasteiger partial charge in [0, 0.05) is 28.3 Å². The molecule has 0 atom stereocenters. The highest BCUT2D eigenvalue weighted by molar-refractivity contribution is 7.85. The van der Waals surface area contributed by atoms with Gasteiger partial charge in [-0.3, -0.25) is 4.21 Å². The Morgan fingerprint density at radius 1 is 1.18 bits per heavy atom. The lowest BCUT2D eigenvalue weighted by Crippen LogP contribution is -2.41. The second kappa shape index (κ2) is 6.86. The smallest absolute Gasteiger partial charge is 0.0249 e. The van der Waals surface area contributed by atoms with E-state index in [2.05, 4.69) is 17.1 Å². The van der Waals surface area contributed by atoms with Crippen LogP contribution in [0.5, 0.6) is 0 Å². The Kier molecular flexibility index (Phi) is 5.45. The number of hydrogen-bond acceptors (Lipinski definition) is 3. The van der Waals surface area contributed by atoms with Gasteiger partial charge >= 0.3 is 0 Å². The van der Waals surface area contributed by atoms with E-state index < -0.39 is 10.8 Å². The molecular weight excluding hydrogens is 232 g/mol. The quantitative estimate of drug-likeness (QED) is 0.823. The predicted molar refractivity (Wildman–Crippen MR) is 73.7 cm³/mol. The molecule has 0 spiro atoms. The van der Waals surface area contributed by atoms with Crippen LogP contribution in [0.15, 0.2) is 0 Å². The summed E-state index contributed by atoms with van der Waals surface area (Å²) >= 11 is 0. The fourth-order valence-electron chi connectivity index (χ4n) is 2.84. The van der Waals surface area contributed by atoms with E-state index in [1.807, 2.05) is 0 Å². The molecule has 2 heterocycles. The van der Waals surface area contributed by atoms with E-state index in [-0.39, 0.29) is 0 Å². The molecule has 2 rings (SSSR count). The molecule has 0 aromatic carbocycles. The number of hydrogen-bond donors (Lipinski definition) is 1. The van der Waals surface area contributed by atoms with Crippen molar-refractivity contribution in [2.24, 2.45) is 5.92 Å². The molecule has 100 valence electrons. The summed E-state index contributed by atoms with van der Waals surface area (Å²) in [5.41, 5.74) is 0. The normalized spacial score (nSPS) is 32.8. The summed E-state index contributed by atoms with van der Waals surface area (Å²) in [6, 6.07) is 0.636. The van der Waals surface area contributed by atoms with Gasteiger partial charge in [0.15, 0.2) is 0 Å². The van der Waals surface area contributed by atoms with Gasteiger partial charge in [-0.15, -0.1) is 0 Å². The van der Waals surface area contributed by atoms with Crippen LogP contribution in [-0.2, 0) is 10.8 Å². The highest BCUT2D eigenvalue weighted by Gasteiger charge is 2.21. The average Bonchev–Trinajstić information content (AvgIpc) is 2.39. The van der Waals surface area contributed by atoms with Crippen LogP contribution in [0.25, 0.3) is 0 Å². The lowest BCUT2D eigenvalue weighted by Gasteiger charge is -2.32. The Morgan fingerprint density at radius 3 is 2.41 bits per heavy atom. The number of nitrogens with one attached hydrogen (secondary N) is 1. The predicted octanol–water partition coefficient (Wildman–Crippen LogP) is 1.22. The first kappa shape index (κ1) is 13.5. The lowest BCUT2D eigenvalue weighted by atomic mass is 9.96. The van der Waals surface area contributed by atoms with Crippen LogP contribution in [-0.4, -0.2) is 52.8 Å². The fraction of sp³-hybridized carbons (Fsp3) is 1.00. The van der Waals surface area contributed by atoms with E-state index in [4.69, 9.17) is 0 Å². The van der Waals surface area contributed by atoms with Crippen LogP contribution in [0.2, 0.25) is 0 Å². The molecule has 0 amide bonds. The minimum atomic E-state index is -0.522. The minimum absolute atomic E-state index is 0.522. The van der Waals surface area contributed by atoms with Crippen LogP contribution in [0.3, 0.4) is 0 Å². The van der Waals surface area contributed by atoms with Crippen molar-refractivity contribution in [2.75, 3.05) is 37.7 Å². The van der Waals surface area contributed by atoms with E-state index in [1.165, 1.54) is 39.0 Å².